The van der Waals surface area contributed by atoms with Gasteiger partial charge in [0.1, 0.15) is 5.56 Å². The van der Waals surface area contributed by atoms with E-state index < -0.39 is 16.8 Å². The molecule has 1 aromatic rings. The lowest BCUT2D eigenvalue weighted by Crippen LogP contribution is -2.35. The summed E-state index contributed by atoms with van der Waals surface area (Å²) in [6.45, 7) is 1.82. The van der Waals surface area contributed by atoms with Crippen LogP contribution in [0, 0.1) is 17.0 Å². The Morgan fingerprint density at radius 1 is 1.43 bits per heavy atom. The van der Waals surface area contributed by atoms with E-state index in [0.717, 1.165) is 18.4 Å². The Hall–Kier alpha value is -2.44. The molecule has 0 spiro atoms. The first kappa shape index (κ1) is 15.0. The number of nitro benzene ring substituents is 1. The van der Waals surface area contributed by atoms with Crippen molar-refractivity contribution in [2.45, 2.75) is 32.2 Å². The predicted molar refractivity (Wildman–Crippen MR) is 74.1 cm³/mol. The Kier molecular flexibility index (Phi) is 4.21. The monoisotopic (exact) mass is 292 g/mol. The molecule has 0 aliphatic heterocycles. The predicted octanol–water partition coefficient (Wildman–Crippen LogP) is 1.98. The van der Waals surface area contributed by atoms with Crippen LogP contribution >= 0.6 is 0 Å². The van der Waals surface area contributed by atoms with Crippen LogP contribution in [0.2, 0.25) is 0 Å². The third kappa shape index (κ3) is 3.56. The van der Waals surface area contributed by atoms with Crippen LogP contribution in [0.4, 0.5) is 5.69 Å². The van der Waals surface area contributed by atoms with Gasteiger partial charge in [0.25, 0.3) is 11.6 Å². The first-order valence-corrected chi connectivity index (χ1v) is 6.68. The molecule has 1 N–H and O–H groups in total. The van der Waals surface area contributed by atoms with Crippen molar-refractivity contribution < 1.29 is 19.6 Å². The van der Waals surface area contributed by atoms with Crippen LogP contribution in [0.15, 0.2) is 18.2 Å². The van der Waals surface area contributed by atoms with Crippen LogP contribution in [0.25, 0.3) is 0 Å². The van der Waals surface area contributed by atoms with Gasteiger partial charge < -0.3 is 10.0 Å². The number of carboxylic acids is 1. The summed E-state index contributed by atoms with van der Waals surface area (Å²) in [5.74, 6) is -1.46. The maximum absolute atomic E-state index is 12.5. The average molecular weight is 292 g/mol. The van der Waals surface area contributed by atoms with E-state index in [1.807, 2.05) is 0 Å². The van der Waals surface area contributed by atoms with E-state index >= 15 is 0 Å². The van der Waals surface area contributed by atoms with Crippen molar-refractivity contribution in [2.24, 2.45) is 0 Å². The van der Waals surface area contributed by atoms with E-state index in [1.54, 1.807) is 13.0 Å². The minimum Gasteiger partial charge on any atom is -0.481 e. The highest BCUT2D eigenvalue weighted by Gasteiger charge is 2.35. The highest BCUT2D eigenvalue weighted by atomic mass is 16.6. The number of aliphatic carboxylic acids is 1. The normalized spacial score (nSPS) is 13.8. The van der Waals surface area contributed by atoms with Crippen LogP contribution in [-0.2, 0) is 4.79 Å². The summed E-state index contributed by atoms with van der Waals surface area (Å²) in [5, 5.41) is 19.8. The van der Waals surface area contributed by atoms with Gasteiger partial charge in [-0.05, 0) is 31.4 Å². The number of nitro groups is 1. The number of hydrogen-bond acceptors (Lipinski definition) is 4. The van der Waals surface area contributed by atoms with Crippen molar-refractivity contribution in [1.82, 2.24) is 4.90 Å². The molecule has 1 fully saturated rings. The van der Waals surface area contributed by atoms with E-state index in [1.165, 1.54) is 17.0 Å². The van der Waals surface area contributed by atoms with Gasteiger partial charge in [0, 0.05) is 18.7 Å². The van der Waals surface area contributed by atoms with Gasteiger partial charge >= 0.3 is 5.97 Å². The minimum atomic E-state index is -0.993. The summed E-state index contributed by atoms with van der Waals surface area (Å²) >= 11 is 0. The molecule has 7 nitrogen and oxygen atoms in total. The number of aryl methyl sites for hydroxylation is 1. The van der Waals surface area contributed by atoms with Crippen LogP contribution in [0.3, 0.4) is 0 Å². The Morgan fingerprint density at radius 3 is 2.62 bits per heavy atom. The Labute approximate surface area is 121 Å². The fraction of sp³-hybridized carbons (Fsp3) is 0.429. The summed E-state index contributed by atoms with van der Waals surface area (Å²) in [6, 6.07) is 4.37. The average Bonchev–Trinajstić information content (AvgIpc) is 3.22. The molecule has 2 rings (SSSR count). The molecule has 0 radical (unpaired) electrons. The van der Waals surface area contributed by atoms with Crippen molar-refractivity contribution in [3.8, 4) is 0 Å². The minimum absolute atomic E-state index is 0.00281. The second-order valence-corrected chi connectivity index (χ2v) is 5.15. The second kappa shape index (κ2) is 5.90. The molecule has 1 amide bonds. The molecule has 0 saturated heterocycles. The topological polar surface area (TPSA) is 101 Å². The molecule has 0 atom stereocenters. The quantitative estimate of drug-likeness (QED) is 0.638. The first-order chi connectivity index (χ1) is 9.90. The molecule has 1 aromatic carbocycles. The summed E-state index contributed by atoms with van der Waals surface area (Å²) in [5.41, 5.74) is 0.529. The van der Waals surface area contributed by atoms with Crippen molar-refractivity contribution in [1.29, 1.82) is 0 Å². The number of rotatable bonds is 6. The van der Waals surface area contributed by atoms with E-state index in [0.29, 0.717) is 0 Å². The molecule has 7 heteroatoms. The van der Waals surface area contributed by atoms with Gasteiger partial charge in [0.15, 0.2) is 0 Å². The van der Waals surface area contributed by atoms with Gasteiger partial charge in [-0.2, -0.15) is 0 Å². The SMILES string of the molecule is Cc1ccc([N+](=O)[O-])c(C(=O)N(CCC(=O)O)C2CC2)c1. The van der Waals surface area contributed by atoms with Gasteiger partial charge in [0.05, 0.1) is 11.3 Å². The first-order valence-electron chi connectivity index (χ1n) is 6.68. The lowest BCUT2D eigenvalue weighted by atomic mass is 10.1. The van der Waals surface area contributed by atoms with Crippen molar-refractivity contribution >= 4 is 17.6 Å². The van der Waals surface area contributed by atoms with Gasteiger partial charge in [-0.1, -0.05) is 6.07 Å². The number of nitrogens with zero attached hydrogens (tertiary/aromatic N) is 2. The molecule has 1 saturated carbocycles. The Bertz CT molecular complexity index is 595. The third-order valence-corrected chi connectivity index (χ3v) is 3.39. The van der Waals surface area contributed by atoms with Crippen LogP contribution in [-0.4, -0.2) is 39.4 Å². The zero-order chi connectivity index (χ0) is 15.6. The molecule has 1 aliphatic carbocycles. The van der Waals surface area contributed by atoms with Crippen LogP contribution < -0.4 is 0 Å². The molecular formula is C14H16N2O5. The van der Waals surface area contributed by atoms with Crippen LogP contribution in [0.5, 0.6) is 0 Å². The lowest BCUT2D eigenvalue weighted by Gasteiger charge is -2.21. The van der Waals surface area contributed by atoms with Crippen LogP contribution in [0.1, 0.15) is 35.2 Å². The largest absolute Gasteiger partial charge is 0.481 e. The number of benzene rings is 1. The zero-order valence-corrected chi connectivity index (χ0v) is 11.6. The van der Waals surface area contributed by atoms with E-state index in [-0.39, 0.29) is 30.3 Å². The molecule has 0 aromatic heterocycles. The number of amides is 1. The molecular weight excluding hydrogens is 276 g/mol. The number of carboxylic acid groups (broad SMARTS) is 1. The zero-order valence-electron chi connectivity index (χ0n) is 11.6. The molecule has 0 heterocycles. The Balaban J connectivity index is 2.29. The summed E-state index contributed by atoms with van der Waals surface area (Å²) < 4.78 is 0. The van der Waals surface area contributed by atoms with Gasteiger partial charge in [-0.3, -0.25) is 19.7 Å². The molecule has 0 bridgehead atoms. The second-order valence-electron chi connectivity index (χ2n) is 5.15. The molecule has 0 unspecified atom stereocenters. The highest BCUT2D eigenvalue weighted by Crippen LogP contribution is 2.30. The number of carbonyl (C=O) groups is 2. The number of hydrogen-bond donors (Lipinski definition) is 1. The van der Waals surface area contributed by atoms with Crippen molar-refractivity contribution in [2.75, 3.05) is 6.54 Å². The lowest BCUT2D eigenvalue weighted by molar-refractivity contribution is -0.385. The van der Waals surface area contributed by atoms with Gasteiger partial charge in [0.2, 0.25) is 0 Å². The maximum atomic E-state index is 12.5. The Morgan fingerprint density at radius 2 is 2.10 bits per heavy atom. The molecule has 1 aliphatic rings. The highest BCUT2D eigenvalue weighted by molar-refractivity contribution is 5.98. The summed E-state index contributed by atoms with van der Waals surface area (Å²) in [4.78, 5) is 35.1. The third-order valence-electron chi connectivity index (χ3n) is 3.39. The molecule has 112 valence electrons. The maximum Gasteiger partial charge on any atom is 0.305 e. The van der Waals surface area contributed by atoms with Gasteiger partial charge in [-0.15, -0.1) is 0 Å². The fourth-order valence-corrected chi connectivity index (χ4v) is 2.19. The summed E-state index contributed by atoms with van der Waals surface area (Å²) in [7, 11) is 0. The number of carbonyl (C=O) groups excluding carboxylic acids is 1. The standard InChI is InChI=1S/C14H16N2O5/c1-9-2-5-12(16(20)21)11(8-9)14(19)15(10-3-4-10)7-6-13(17)18/h2,5,8,10H,3-4,6-7H2,1H3,(H,17,18). The summed E-state index contributed by atoms with van der Waals surface area (Å²) in [6.07, 6.45) is 1.46. The van der Waals surface area contributed by atoms with Crippen molar-refractivity contribution in [3.05, 3.63) is 39.4 Å². The fourth-order valence-electron chi connectivity index (χ4n) is 2.19. The van der Waals surface area contributed by atoms with Gasteiger partial charge in [-0.25, -0.2) is 0 Å². The van der Waals surface area contributed by atoms with E-state index in [9.17, 15) is 19.7 Å². The molecule has 21 heavy (non-hydrogen) atoms. The van der Waals surface area contributed by atoms with E-state index in [2.05, 4.69) is 0 Å². The van der Waals surface area contributed by atoms with Crippen molar-refractivity contribution in [3.63, 3.8) is 0 Å². The van der Waals surface area contributed by atoms with E-state index in [4.69, 9.17) is 5.11 Å². The smallest absolute Gasteiger partial charge is 0.305 e.